The number of benzene rings is 2. The van der Waals surface area contributed by atoms with Gasteiger partial charge in [0.2, 0.25) is 0 Å². The maximum atomic E-state index is 13.6. The van der Waals surface area contributed by atoms with Crippen LogP contribution < -0.4 is 10.2 Å². The molecule has 1 fully saturated rings. The molecule has 0 saturated carbocycles. The Hall–Kier alpha value is -3.51. The molecule has 1 aliphatic rings. The van der Waals surface area contributed by atoms with Gasteiger partial charge in [0.05, 0.1) is 11.7 Å². The van der Waals surface area contributed by atoms with Gasteiger partial charge in [-0.15, -0.1) is 0 Å². The molecule has 0 spiro atoms. The number of halogens is 1. The number of anilines is 1. The van der Waals surface area contributed by atoms with Crippen molar-refractivity contribution in [1.29, 1.82) is 0 Å². The molecule has 0 bridgehead atoms. The molecule has 0 amide bonds. The second kappa shape index (κ2) is 8.20. The first-order valence-corrected chi connectivity index (χ1v) is 10.9. The normalized spacial score (nSPS) is 18.1. The Balaban J connectivity index is 1.68. The van der Waals surface area contributed by atoms with Gasteiger partial charge < -0.3 is 14.8 Å². The second-order valence-electron chi connectivity index (χ2n) is 8.12. The van der Waals surface area contributed by atoms with Crippen LogP contribution in [0, 0.1) is 19.7 Å². The molecule has 0 aliphatic carbocycles. The van der Waals surface area contributed by atoms with Crippen molar-refractivity contribution in [3.05, 3.63) is 114 Å². The molecular weight excluding hydrogens is 419 g/mol. The van der Waals surface area contributed by atoms with E-state index in [0.717, 1.165) is 22.8 Å². The van der Waals surface area contributed by atoms with E-state index in [1.165, 1.54) is 23.3 Å². The van der Waals surface area contributed by atoms with Crippen molar-refractivity contribution in [2.45, 2.75) is 25.9 Å². The molecule has 4 nitrogen and oxygen atoms in total. The molecule has 1 aliphatic heterocycles. The van der Waals surface area contributed by atoms with Gasteiger partial charge in [0.25, 0.3) is 0 Å². The first-order chi connectivity index (χ1) is 15.5. The number of nitrogens with one attached hydrogen (secondary N) is 1. The van der Waals surface area contributed by atoms with Crippen LogP contribution in [0.5, 0.6) is 0 Å². The summed E-state index contributed by atoms with van der Waals surface area (Å²) in [6, 6.07) is 22.7. The zero-order valence-corrected chi connectivity index (χ0v) is 18.7. The van der Waals surface area contributed by atoms with Crippen LogP contribution in [0.15, 0.2) is 85.2 Å². The van der Waals surface area contributed by atoms with E-state index in [4.69, 9.17) is 12.2 Å². The van der Waals surface area contributed by atoms with Crippen LogP contribution in [-0.2, 0) is 0 Å². The van der Waals surface area contributed by atoms with E-state index in [-0.39, 0.29) is 17.9 Å². The van der Waals surface area contributed by atoms with Gasteiger partial charge in [0.15, 0.2) is 5.11 Å². The van der Waals surface area contributed by atoms with Crippen molar-refractivity contribution in [1.82, 2.24) is 14.9 Å². The standard InChI is InChI=1S/C26H23FN4S/c1-17-14-18(2)16-21(15-17)31-25(24(29-26(31)32)22-6-3-4-12-28-22)23-7-5-13-30(23)20-10-8-19(27)9-11-20/h3-16,24-25H,1-2H3,(H,29,32)/t24-,25-/m1/s1. The topological polar surface area (TPSA) is 33.1 Å². The van der Waals surface area contributed by atoms with E-state index in [0.29, 0.717) is 5.11 Å². The fourth-order valence-electron chi connectivity index (χ4n) is 4.50. The SMILES string of the molecule is Cc1cc(C)cc(N2C(=S)N[C@H](c3ccccn3)[C@H]2c2cccn2-c2ccc(F)cc2)c1. The fourth-order valence-corrected chi connectivity index (χ4v) is 4.84. The van der Waals surface area contributed by atoms with Crippen molar-refractivity contribution >= 4 is 23.0 Å². The van der Waals surface area contributed by atoms with Gasteiger partial charge in [0.1, 0.15) is 11.9 Å². The Morgan fingerprint density at radius 1 is 0.906 bits per heavy atom. The van der Waals surface area contributed by atoms with Crippen LogP contribution in [0.2, 0.25) is 0 Å². The molecule has 5 rings (SSSR count). The maximum absolute atomic E-state index is 13.6. The van der Waals surface area contributed by atoms with Crippen LogP contribution in [-0.4, -0.2) is 14.7 Å². The Bertz CT molecular complexity index is 1250. The van der Waals surface area contributed by atoms with Gasteiger partial charge >= 0.3 is 0 Å². The molecule has 2 aromatic heterocycles. The number of thiocarbonyl (C=S) groups is 1. The number of aryl methyl sites for hydroxylation is 2. The average Bonchev–Trinajstić information content (AvgIpc) is 3.38. The van der Waals surface area contributed by atoms with Crippen molar-refractivity contribution in [2.75, 3.05) is 4.90 Å². The predicted octanol–water partition coefficient (Wildman–Crippen LogP) is 5.81. The molecule has 1 N–H and O–H groups in total. The Labute approximate surface area is 192 Å². The minimum absolute atomic E-state index is 0.140. The zero-order chi connectivity index (χ0) is 22.2. The summed E-state index contributed by atoms with van der Waals surface area (Å²) in [4.78, 5) is 6.80. The summed E-state index contributed by atoms with van der Waals surface area (Å²) in [6.07, 6.45) is 3.80. The number of nitrogens with zero attached hydrogens (tertiary/aromatic N) is 3. The molecule has 2 aromatic carbocycles. The highest BCUT2D eigenvalue weighted by molar-refractivity contribution is 7.80. The third kappa shape index (κ3) is 3.67. The summed E-state index contributed by atoms with van der Waals surface area (Å²) in [6.45, 7) is 4.19. The smallest absolute Gasteiger partial charge is 0.174 e. The lowest BCUT2D eigenvalue weighted by Crippen LogP contribution is -2.30. The first-order valence-electron chi connectivity index (χ1n) is 10.5. The van der Waals surface area contributed by atoms with Crippen molar-refractivity contribution < 1.29 is 4.39 Å². The third-order valence-corrected chi connectivity index (χ3v) is 6.09. The van der Waals surface area contributed by atoms with Crippen LogP contribution in [0.25, 0.3) is 5.69 Å². The average molecular weight is 443 g/mol. The van der Waals surface area contributed by atoms with Gasteiger partial charge in [-0.1, -0.05) is 12.1 Å². The van der Waals surface area contributed by atoms with Gasteiger partial charge in [0, 0.05) is 29.5 Å². The van der Waals surface area contributed by atoms with E-state index in [1.54, 1.807) is 18.3 Å². The van der Waals surface area contributed by atoms with E-state index >= 15 is 0 Å². The first kappa shape index (κ1) is 20.4. The number of pyridine rings is 1. The molecule has 4 aromatic rings. The van der Waals surface area contributed by atoms with E-state index in [9.17, 15) is 4.39 Å². The molecule has 3 heterocycles. The molecule has 160 valence electrons. The fraction of sp³-hybridized carbons (Fsp3) is 0.154. The zero-order valence-electron chi connectivity index (χ0n) is 17.9. The highest BCUT2D eigenvalue weighted by atomic mass is 32.1. The second-order valence-corrected chi connectivity index (χ2v) is 8.51. The lowest BCUT2D eigenvalue weighted by molar-refractivity contribution is 0.549. The van der Waals surface area contributed by atoms with Gasteiger partial charge in [-0.25, -0.2) is 4.39 Å². The molecule has 32 heavy (non-hydrogen) atoms. The summed E-state index contributed by atoms with van der Waals surface area (Å²) < 4.78 is 15.7. The number of aromatic nitrogens is 2. The largest absolute Gasteiger partial charge is 0.351 e. The van der Waals surface area contributed by atoms with Gasteiger partial charge in [-0.3, -0.25) is 4.98 Å². The summed E-state index contributed by atoms with van der Waals surface area (Å²) in [5.74, 6) is -0.255. The van der Waals surface area contributed by atoms with Crippen LogP contribution in [0.1, 0.15) is 34.6 Å². The van der Waals surface area contributed by atoms with E-state index < -0.39 is 0 Å². The summed E-state index contributed by atoms with van der Waals surface area (Å²) in [5.41, 5.74) is 6.24. The molecule has 0 radical (unpaired) electrons. The van der Waals surface area contributed by atoms with Gasteiger partial charge in [-0.2, -0.15) is 0 Å². The Kier molecular flexibility index (Phi) is 5.23. The molecule has 2 atom stereocenters. The minimum atomic E-state index is -0.255. The highest BCUT2D eigenvalue weighted by Gasteiger charge is 2.42. The van der Waals surface area contributed by atoms with Crippen LogP contribution in [0.3, 0.4) is 0 Å². The molecule has 1 saturated heterocycles. The predicted molar refractivity (Wildman–Crippen MR) is 130 cm³/mol. The van der Waals surface area contributed by atoms with Crippen LogP contribution in [0.4, 0.5) is 10.1 Å². The Morgan fingerprint density at radius 2 is 1.66 bits per heavy atom. The molecular formula is C26H23FN4S. The summed E-state index contributed by atoms with van der Waals surface area (Å²) in [5, 5.41) is 4.16. The van der Waals surface area contributed by atoms with Crippen molar-refractivity contribution in [3.8, 4) is 5.69 Å². The maximum Gasteiger partial charge on any atom is 0.174 e. The van der Waals surface area contributed by atoms with Crippen molar-refractivity contribution in [2.24, 2.45) is 0 Å². The lowest BCUT2D eigenvalue weighted by atomic mass is 10.00. The third-order valence-electron chi connectivity index (χ3n) is 5.77. The quantitative estimate of drug-likeness (QED) is 0.405. The number of rotatable bonds is 4. The summed E-state index contributed by atoms with van der Waals surface area (Å²) in [7, 11) is 0. The summed E-state index contributed by atoms with van der Waals surface area (Å²) >= 11 is 5.84. The van der Waals surface area contributed by atoms with E-state index in [1.807, 2.05) is 30.5 Å². The van der Waals surface area contributed by atoms with Gasteiger partial charge in [-0.05, 0) is 97.9 Å². The van der Waals surface area contributed by atoms with E-state index in [2.05, 4.69) is 57.9 Å². The monoisotopic (exact) mass is 442 g/mol. The highest BCUT2D eigenvalue weighted by Crippen LogP contribution is 2.42. The Morgan fingerprint density at radius 3 is 2.34 bits per heavy atom. The number of hydrogen-bond donors (Lipinski definition) is 1. The lowest BCUT2D eigenvalue weighted by Gasteiger charge is -2.29. The van der Waals surface area contributed by atoms with Crippen molar-refractivity contribution in [3.63, 3.8) is 0 Å². The minimum Gasteiger partial charge on any atom is -0.351 e. The molecule has 0 unspecified atom stereocenters. The number of hydrogen-bond acceptors (Lipinski definition) is 2. The molecule has 6 heteroatoms. The van der Waals surface area contributed by atoms with Crippen LogP contribution >= 0.6 is 12.2 Å².